The van der Waals surface area contributed by atoms with Crippen molar-refractivity contribution in [2.75, 3.05) is 33.0 Å². The molecular formula is C13H30N3O7P3. The summed E-state index contributed by atoms with van der Waals surface area (Å²) < 4.78 is 25.4. The molecule has 3 unspecified atom stereocenters. The smallest absolute Gasteiger partial charge is 0.327 e. The summed E-state index contributed by atoms with van der Waals surface area (Å²) in [6.07, 6.45) is 0.833. The van der Waals surface area contributed by atoms with Gasteiger partial charge in [-0.05, 0) is 34.6 Å². The molecule has 154 valence electrons. The maximum Gasteiger partial charge on any atom is 0.327 e. The molecule has 0 fully saturated rings. The van der Waals surface area contributed by atoms with Crippen LogP contribution in [-0.4, -0.2) is 53.3 Å². The molecule has 1 N–H and O–H groups in total. The topological polar surface area (TPSA) is 102 Å². The van der Waals surface area contributed by atoms with Crippen molar-refractivity contribution < 1.29 is 33.1 Å². The zero-order valence-corrected chi connectivity index (χ0v) is 18.7. The fraction of sp³-hybridized carbons (Fsp3) is 0.769. The molecule has 0 aromatic carbocycles. The molecule has 0 aromatic heterocycles. The largest absolute Gasteiger partial charge is 0.478 e. The summed E-state index contributed by atoms with van der Waals surface area (Å²) >= 11 is 0. The molecule has 0 spiro atoms. The van der Waals surface area contributed by atoms with E-state index in [1.165, 1.54) is 0 Å². The summed E-state index contributed by atoms with van der Waals surface area (Å²) in [5.41, 5.74) is 0. The average molecular weight is 433 g/mol. The first-order valence-electron chi connectivity index (χ1n) is 8.29. The molecule has 3 atom stereocenters. The number of hydrogen-bond donors (Lipinski definition) is 1. The molecule has 1 rings (SSSR count). The van der Waals surface area contributed by atoms with Crippen molar-refractivity contribution >= 4 is 31.0 Å². The van der Waals surface area contributed by atoms with Crippen molar-refractivity contribution in [3.05, 3.63) is 12.7 Å². The van der Waals surface area contributed by atoms with Gasteiger partial charge in [-0.25, -0.2) is 4.79 Å². The second-order valence-electron chi connectivity index (χ2n) is 4.06. The van der Waals surface area contributed by atoms with Gasteiger partial charge < -0.3 is 18.7 Å². The molecule has 13 heteroatoms. The molecule has 0 saturated carbocycles. The van der Waals surface area contributed by atoms with E-state index < -0.39 is 31.0 Å². The Labute approximate surface area is 158 Å². The quantitative estimate of drug-likeness (QED) is 0.371. The van der Waals surface area contributed by atoms with Gasteiger partial charge in [0.05, 0.1) is 33.0 Å². The summed E-state index contributed by atoms with van der Waals surface area (Å²) in [6, 6.07) is 0. The van der Waals surface area contributed by atoms with Gasteiger partial charge in [-0.15, -0.1) is 0 Å². The van der Waals surface area contributed by atoms with Crippen LogP contribution in [0.4, 0.5) is 0 Å². The third-order valence-electron chi connectivity index (χ3n) is 2.22. The van der Waals surface area contributed by atoms with Crippen LogP contribution in [-0.2, 0) is 28.0 Å². The molecule has 0 radical (unpaired) electrons. The van der Waals surface area contributed by atoms with Crippen LogP contribution in [0.1, 0.15) is 34.6 Å². The Morgan fingerprint density at radius 2 is 1.65 bits per heavy atom. The summed E-state index contributed by atoms with van der Waals surface area (Å²) in [5, 5.41) is 7.60. The summed E-state index contributed by atoms with van der Waals surface area (Å²) in [7, 11) is -4.17. The minimum atomic E-state index is -1.67. The second kappa shape index (κ2) is 16.0. The van der Waals surface area contributed by atoms with Crippen LogP contribution in [0.2, 0.25) is 0 Å². The number of carbonyl (C=O) groups is 1. The Balaban J connectivity index is 0.00000110. The van der Waals surface area contributed by atoms with Crippen LogP contribution in [0.25, 0.3) is 0 Å². The molecular weight excluding hydrogens is 403 g/mol. The van der Waals surface area contributed by atoms with E-state index >= 15 is 0 Å². The lowest BCUT2D eigenvalue weighted by Gasteiger charge is -2.40. The molecule has 10 nitrogen and oxygen atoms in total. The van der Waals surface area contributed by atoms with Crippen molar-refractivity contribution in [1.82, 2.24) is 9.21 Å². The highest BCUT2D eigenvalue weighted by Gasteiger charge is 2.43. The van der Waals surface area contributed by atoms with Crippen molar-refractivity contribution in [2.24, 2.45) is 4.52 Å². The van der Waals surface area contributed by atoms with Crippen molar-refractivity contribution in [3.63, 3.8) is 0 Å². The van der Waals surface area contributed by atoms with E-state index in [0.717, 1.165) is 6.08 Å². The highest BCUT2D eigenvalue weighted by Crippen LogP contribution is 2.71. The van der Waals surface area contributed by atoms with Crippen molar-refractivity contribution in [1.29, 1.82) is 0 Å². The van der Waals surface area contributed by atoms with Gasteiger partial charge in [0.2, 0.25) is 0 Å². The van der Waals surface area contributed by atoms with E-state index in [9.17, 15) is 4.79 Å². The molecule has 0 amide bonds. The lowest BCUT2D eigenvalue weighted by atomic mass is 10.7. The van der Waals surface area contributed by atoms with E-state index in [4.69, 9.17) is 28.4 Å². The van der Waals surface area contributed by atoms with E-state index in [2.05, 4.69) is 11.1 Å². The van der Waals surface area contributed by atoms with Gasteiger partial charge in [0.1, 0.15) is 0 Å². The maximum atomic E-state index is 9.25. The zero-order valence-electron chi connectivity index (χ0n) is 16.0. The number of rotatable bonds is 11. The van der Waals surface area contributed by atoms with Crippen LogP contribution in [0.15, 0.2) is 17.2 Å². The summed E-state index contributed by atoms with van der Waals surface area (Å²) in [4.78, 5) is 20.7. The predicted octanol–water partition coefficient (Wildman–Crippen LogP) is 4.56. The first-order chi connectivity index (χ1) is 12.5. The van der Waals surface area contributed by atoms with Crippen molar-refractivity contribution in [2.45, 2.75) is 34.6 Å². The van der Waals surface area contributed by atoms with Crippen LogP contribution in [0.5, 0.6) is 0 Å². The Bertz CT molecular complexity index is 445. The normalized spacial score (nSPS) is 23.7. The number of carboxylic acids is 1. The van der Waals surface area contributed by atoms with Gasteiger partial charge in [-0.1, -0.05) is 15.8 Å². The molecule has 0 saturated heterocycles. The van der Waals surface area contributed by atoms with Gasteiger partial charge in [-0.3, -0.25) is 9.68 Å². The Morgan fingerprint density at radius 1 is 1.08 bits per heavy atom. The molecule has 1 heterocycles. The Hall–Kier alpha value is 0.0200. The van der Waals surface area contributed by atoms with Crippen molar-refractivity contribution in [3.8, 4) is 0 Å². The van der Waals surface area contributed by atoms with Gasteiger partial charge in [0.15, 0.2) is 8.09 Å². The lowest BCUT2D eigenvalue weighted by Crippen LogP contribution is -2.27. The van der Waals surface area contributed by atoms with E-state index in [1.54, 1.807) is 9.21 Å². The zero-order chi connectivity index (χ0) is 19.9. The Morgan fingerprint density at radius 3 is 2.08 bits per heavy atom. The fourth-order valence-electron chi connectivity index (χ4n) is 1.42. The second-order valence-corrected chi connectivity index (χ2v) is 9.43. The van der Waals surface area contributed by atoms with Gasteiger partial charge in [-0.2, -0.15) is 4.52 Å². The first kappa shape index (κ1) is 26.0. The van der Waals surface area contributed by atoms with Crippen LogP contribution >= 0.6 is 25.0 Å². The minimum Gasteiger partial charge on any atom is -0.478 e. The standard InChI is InChI=1S/C10H26N3O5P3.C3H4O2/c1-6-14-12-19(16-8-3)11-20(17-9-4)13(15-7-2)21(12)18-10-5;1-2-3(4)5/h19H,6-10H2,1-5H3;2H,1H2,(H,4,5). The number of hydrogen-bond acceptors (Lipinski definition) is 9. The lowest BCUT2D eigenvalue weighted by molar-refractivity contribution is -0.131. The van der Waals surface area contributed by atoms with Gasteiger partial charge >= 0.3 is 5.97 Å². The Kier molecular flexibility index (Phi) is 16.0. The molecule has 26 heavy (non-hydrogen) atoms. The first-order valence-corrected chi connectivity index (χ1v) is 11.9. The maximum absolute atomic E-state index is 9.25. The van der Waals surface area contributed by atoms with E-state index in [0.29, 0.717) is 33.0 Å². The molecule has 0 aliphatic carbocycles. The van der Waals surface area contributed by atoms with Crippen LogP contribution < -0.4 is 0 Å². The third-order valence-corrected chi connectivity index (χ3v) is 8.75. The van der Waals surface area contributed by atoms with E-state index in [-0.39, 0.29) is 0 Å². The molecule has 1 aliphatic heterocycles. The monoisotopic (exact) mass is 433 g/mol. The average Bonchev–Trinajstić information content (AvgIpc) is 2.62. The van der Waals surface area contributed by atoms with E-state index in [1.807, 2.05) is 34.6 Å². The highest BCUT2D eigenvalue weighted by atomic mass is 31.3. The highest BCUT2D eigenvalue weighted by molar-refractivity contribution is 7.73. The number of carboxylic acid groups (broad SMARTS) is 1. The third kappa shape index (κ3) is 9.29. The molecule has 0 bridgehead atoms. The molecule has 0 aromatic rings. The van der Waals surface area contributed by atoms with Crippen LogP contribution in [0.3, 0.4) is 0 Å². The van der Waals surface area contributed by atoms with Gasteiger partial charge in [0.25, 0.3) is 16.9 Å². The SMILES string of the molecule is C=CC(=O)O.CCON1P(OCC)N=[PH](OCC)N(OCC)P1OCC. The van der Waals surface area contributed by atoms with Gasteiger partial charge in [0, 0.05) is 6.08 Å². The summed E-state index contributed by atoms with van der Waals surface area (Å²) in [5.74, 6) is -0.981. The predicted molar refractivity (Wildman–Crippen MR) is 104 cm³/mol. The molecule has 1 aliphatic rings. The summed E-state index contributed by atoms with van der Waals surface area (Å²) in [6.45, 7) is 15.4. The number of nitrogens with zero attached hydrogens (tertiary/aromatic N) is 3. The van der Waals surface area contributed by atoms with Crippen LogP contribution in [0, 0.1) is 0 Å². The minimum absolute atomic E-state index is 0.518. The fourth-order valence-corrected chi connectivity index (χ4v) is 8.41. The number of aliphatic carboxylic acids is 1.